The van der Waals surface area contributed by atoms with Crippen LogP contribution in [0.4, 0.5) is 5.69 Å². The molecule has 1 aromatic carbocycles. The molecule has 3 atom stereocenters. The third-order valence-electron chi connectivity index (χ3n) is 4.44. The smallest absolute Gasteiger partial charge is 0.314 e. The minimum absolute atomic E-state index is 0.00417. The van der Waals surface area contributed by atoms with Gasteiger partial charge in [0.15, 0.2) is 5.75 Å². The van der Waals surface area contributed by atoms with Crippen molar-refractivity contribution in [1.82, 2.24) is 0 Å². The van der Waals surface area contributed by atoms with Gasteiger partial charge in [0.25, 0.3) is 0 Å². The van der Waals surface area contributed by atoms with Crippen molar-refractivity contribution in [3.8, 4) is 11.5 Å². The molecule has 0 bridgehead atoms. The Bertz CT molecular complexity index is 520. The van der Waals surface area contributed by atoms with E-state index >= 15 is 0 Å². The first-order valence-corrected chi connectivity index (χ1v) is 6.67. The number of methoxy groups -OCH3 is 1. The van der Waals surface area contributed by atoms with E-state index in [0.29, 0.717) is 5.75 Å². The third-order valence-corrected chi connectivity index (χ3v) is 4.44. The summed E-state index contributed by atoms with van der Waals surface area (Å²) in [4.78, 5) is 10.5. The summed E-state index contributed by atoms with van der Waals surface area (Å²) in [6, 6.07) is 4.76. The molecule has 110 valence electrons. The average molecular weight is 280 g/mol. The molecule has 0 heterocycles. The molecule has 2 N–H and O–H groups in total. The van der Waals surface area contributed by atoms with Gasteiger partial charge in [-0.25, -0.2) is 0 Å². The fraction of sp³-hybridized carbons (Fsp3) is 0.571. The largest absolute Gasteiger partial charge is 0.490 e. The van der Waals surface area contributed by atoms with Gasteiger partial charge in [-0.2, -0.15) is 0 Å². The van der Waals surface area contributed by atoms with Gasteiger partial charge >= 0.3 is 5.69 Å². The van der Waals surface area contributed by atoms with Gasteiger partial charge in [-0.3, -0.25) is 10.1 Å². The lowest BCUT2D eigenvalue weighted by Gasteiger charge is -2.51. The van der Waals surface area contributed by atoms with Gasteiger partial charge in [0, 0.05) is 17.9 Å². The van der Waals surface area contributed by atoms with Crippen LogP contribution in [0.15, 0.2) is 18.2 Å². The molecule has 3 unspecified atom stereocenters. The topological polar surface area (TPSA) is 87.6 Å². The number of hydrogen-bond donors (Lipinski definition) is 1. The van der Waals surface area contributed by atoms with E-state index in [0.717, 1.165) is 12.8 Å². The summed E-state index contributed by atoms with van der Waals surface area (Å²) < 4.78 is 10.8. The molecular weight excluding hydrogens is 260 g/mol. The van der Waals surface area contributed by atoms with Crippen LogP contribution in [0.5, 0.6) is 11.5 Å². The third kappa shape index (κ3) is 2.31. The van der Waals surface area contributed by atoms with Crippen molar-refractivity contribution in [2.75, 3.05) is 7.11 Å². The van der Waals surface area contributed by atoms with Gasteiger partial charge in [-0.1, -0.05) is 13.8 Å². The Hall–Kier alpha value is -1.82. The highest BCUT2D eigenvalue weighted by atomic mass is 16.6. The van der Waals surface area contributed by atoms with Crippen molar-refractivity contribution in [3.63, 3.8) is 0 Å². The van der Waals surface area contributed by atoms with Crippen molar-refractivity contribution in [1.29, 1.82) is 0 Å². The van der Waals surface area contributed by atoms with Crippen molar-refractivity contribution < 1.29 is 14.4 Å². The number of rotatable bonds is 5. The van der Waals surface area contributed by atoms with Crippen LogP contribution < -0.4 is 15.2 Å². The van der Waals surface area contributed by atoms with Gasteiger partial charge in [-0.05, 0) is 18.6 Å². The highest BCUT2D eigenvalue weighted by molar-refractivity contribution is 5.51. The summed E-state index contributed by atoms with van der Waals surface area (Å²) in [5.74, 6) is 0.708. The van der Waals surface area contributed by atoms with Crippen LogP contribution in [0.3, 0.4) is 0 Å². The van der Waals surface area contributed by atoms with Gasteiger partial charge in [0.1, 0.15) is 11.9 Å². The monoisotopic (exact) mass is 280 g/mol. The van der Waals surface area contributed by atoms with Gasteiger partial charge in [0.2, 0.25) is 0 Å². The quantitative estimate of drug-likeness (QED) is 0.661. The van der Waals surface area contributed by atoms with Crippen molar-refractivity contribution in [2.45, 2.75) is 38.8 Å². The summed E-state index contributed by atoms with van der Waals surface area (Å²) in [5, 5.41) is 11.0. The van der Waals surface area contributed by atoms with E-state index in [9.17, 15) is 10.1 Å². The molecule has 0 aromatic heterocycles. The fourth-order valence-corrected chi connectivity index (χ4v) is 2.57. The molecule has 1 aromatic rings. The average Bonchev–Trinajstić information content (AvgIpc) is 2.45. The summed E-state index contributed by atoms with van der Waals surface area (Å²) in [5.41, 5.74) is 5.86. The van der Waals surface area contributed by atoms with Crippen molar-refractivity contribution >= 4 is 5.69 Å². The van der Waals surface area contributed by atoms with Gasteiger partial charge in [0.05, 0.1) is 18.1 Å². The minimum Gasteiger partial charge on any atom is -0.490 e. The van der Waals surface area contributed by atoms with Crippen LogP contribution in [0.25, 0.3) is 0 Å². The molecule has 1 aliphatic rings. The molecule has 6 nitrogen and oxygen atoms in total. The summed E-state index contributed by atoms with van der Waals surface area (Å²) >= 11 is 0. The molecule has 0 saturated heterocycles. The van der Waals surface area contributed by atoms with E-state index in [1.165, 1.54) is 13.2 Å². The SMILES string of the molecule is CCC1(C)C(N)CC1Oc1ccc(OC)c([N+](=O)[O-])c1. The zero-order chi connectivity index (χ0) is 14.9. The van der Waals surface area contributed by atoms with Gasteiger partial charge in [-0.15, -0.1) is 0 Å². The fourth-order valence-electron chi connectivity index (χ4n) is 2.57. The van der Waals surface area contributed by atoms with E-state index in [1.54, 1.807) is 12.1 Å². The molecule has 1 aliphatic carbocycles. The predicted octanol–water partition coefficient (Wildman–Crippen LogP) is 2.50. The molecule has 1 saturated carbocycles. The molecule has 0 radical (unpaired) electrons. The number of benzene rings is 1. The number of nitro groups is 1. The highest BCUT2D eigenvalue weighted by Crippen LogP contribution is 2.45. The summed E-state index contributed by atoms with van der Waals surface area (Å²) in [6.45, 7) is 4.16. The first-order chi connectivity index (χ1) is 9.42. The van der Waals surface area contributed by atoms with E-state index in [-0.39, 0.29) is 29.0 Å². The second kappa shape index (κ2) is 5.28. The second-order valence-electron chi connectivity index (χ2n) is 5.40. The van der Waals surface area contributed by atoms with Crippen LogP contribution in [-0.4, -0.2) is 24.2 Å². The van der Waals surface area contributed by atoms with Crippen LogP contribution >= 0.6 is 0 Å². The lowest BCUT2D eigenvalue weighted by molar-refractivity contribution is -0.385. The molecule has 2 rings (SSSR count). The molecule has 0 spiro atoms. The molecule has 1 fully saturated rings. The summed E-state index contributed by atoms with van der Waals surface area (Å²) in [7, 11) is 1.40. The molecular formula is C14H20N2O4. The highest BCUT2D eigenvalue weighted by Gasteiger charge is 2.50. The standard InChI is InChI=1S/C14H20N2O4/c1-4-14(2)12(15)8-13(14)20-9-5-6-11(19-3)10(7-9)16(17)18/h5-7,12-13H,4,8,15H2,1-3H3. The number of nitro benzene ring substituents is 1. The Morgan fingerprint density at radius 3 is 2.75 bits per heavy atom. The van der Waals surface area contributed by atoms with Gasteiger partial charge < -0.3 is 15.2 Å². The first-order valence-electron chi connectivity index (χ1n) is 6.67. The van der Waals surface area contributed by atoms with E-state index < -0.39 is 4.92 Å². The van der Waals surface area contributed by atoms with Crippen molar-refractivity contribution in [3.05, 3.63) is 28.3 Å². The first kappa shape index (κ1) is 14.6. The maximum atomic E-state index is 11.0. The van der Waals surface area contributed by atoms with E-state index in [1.807, 2.05) is 0 Å². The maximum Gasteiger partial charge on any atom is 0.314 e. The lowest BCUT2D eigenvalue weighted by atomic mass is 9.62. The van der Waals surface area contributed by atoms with Crippen molar-refractivity contribution in [2.24, 2.45) is 11.1 Å². The summed E-state index contributed by atoms with van der Waals surface area (Å²) in [6.07, 6.45) is 1.68. The zero-order valence-corrected chi connectivity index (χ0v) is 12.0. The Morgan fingerprint density at radius 2 is 2.25 bits per heavy atom. The predicted molar refractivity (Wildman–Crippen MR) is 75.1 cm³/mol. The lowest BCUT2D eigenvalue weighted by Crippen LogP contribution is -2.61. The number of ether oxygens (including phenoxy) is 2. The zero-order valence-electron chi connectivity index (χ0n) is 12.0. The molecule has 0 aliphatic heterocycles. The number of nitrogens with zero attached hydrogens (tertiary/aromatic N) is 1. The van der Waals surface area contributed by atoms with Crippen LogP contribution in [0.2, 0.25) is 0 Å². The Morgan fingerprint density at radius 1 is 1.55 bits per heavy atom. The normalized spacial score (nSPS) is 28.6. The maximum absolute atomic E-state index is 11.0. The molecule has 0 amide bonds. The molecule has 6 heteroatoms. The Kier molecular flexibility index (Phi) is 3.85. The number of nitrogens with two attached hydrogens (primary N) is 1. The van der Waals surface area contributed by atoms with E-state index in [4.69, 9.17) is 15.2 Å². The minimum atomic E-state index is -0.475. The Balaban J connectivity index is 2.19. The van der Waals surface area contributed by atoms with E-state index in [2.05, 4.69) is 13.8 Å². The van der Waals surface area contributed by atoms with Crippen LogP contribution in [0, 0.1) is 15.5 Å². The van der Waals surface area contributed by atoms with Crippen LogP contribution in [0.1, 0.15) is 26.7 Å². The van der Waals surface area contributed by atoms with Crippen LogP contribution in [-0.2, 0) is 0 Å². The molecule has 20 heavy (non-hydrogen) atoms. The number of hydrogen-bond acceptors (Lipinski definition) is 5. The second-order valence-corrected chi connectivity index (χ2v) is 5.40. The Labute approximate surface area is 118 Å².